The standard InChI is InChI=1S/C13H13FN2/c1-15-8-10-9-16-7-6-11(10)12-4-2-3-5-13(12)14/h2-7,9,15H,8H2,1H3. The molecule has 2 rings (SSSR count). The van der Waals surface area contributed by atoms with Crippen LogP contribution >= 0.6 is 0 Å². The van der Waals surface area contributed by atoms with Gasteiger partial charge < -0.3 is 5.32 Å². The van der Waals surface area contributed by atoms with E-state index in [9.17, 15) is 4.39 Å². The van der Waals surface area contributed by atoms with Gasteiger partial charge in [-0.05, 0) is 30.3 Å². The van der Waals surface area contributed by atoms with Crippen LogP contribution < -0.4 is 5.32 Å². The van der Waals surface area contributed by atoms with Gasteiger partial charge in [-0.2, -0.15) is 0 Å². The van der Waals surface area contributed by atoms with Gasteiger partial charge in [-0.25, -0.2) is 4.39 Å². The van der Waals surface area contributed by atoms with E-state index < -0.39 is 0 Å². The van der Waals surface area contributed by atoms with Crippen LogP contribution in [0, 0.1) is 5.82 Å². The first-order chi connectivity index (χ1) is 7.83. The molecule has 0 radical (unpaired) electrons. The first-order valence-corrected chi connectivity index (χ1v) is 5.15. The molecule has 0 aliphatic rings. The summed E-state index contributed by atoms with van der Waals surface area (Å²) in [6.07, 6.45) is 3.44. The van der Waals surface area contributed by atoms with Gasteiger partial charge in [0.2, 0.25) is 0 Å². The molecule has 0 spiro atoms. The number of pyridine rings is 1. The highest BCUT2D eigenvalue weighted by Crippen LogP contribution is 2.25. The van der Waals surface area contributed by atoms with Crippen molar-refractivity contribution in [3.63, 3.8) is 0 Å². The molecule has 16 heavy (non-hydrogen) atoms. The second kappa shape index (κ2) is 4.86. The molecule has 0 amide bonds. The topological polar surface area (TPSA) is 24.9 Å². The fraction of sp³-hybridized carbons (Fsp3) is 0.154. The molecule has 1 aromatic carbocycles. The van der Waals surface area contributed by atoms with Crippen LogP contribution in [0.25, 0.3) is 11.1 Å². The first-order valence-electron chi connectivity index (χ1n) is 5.15. The van der Waals surface area contributed by atoms with E-state index in [0.717, 1.165) is 11.1 Å². The number of benzene rings is 1. The predicted molar refractivity (Wildman–Crippen MR) is 62.4 cm³/mol. The quantitative estimate of drug-likeness (QED) is 0.853. The number of nitrogens with one attached hydrogen (secondary N) is 1. The van der Waals surface area contributed by atoms with Crippen LogP contribution in [0.15, 0.2) is 42.7 Å². The van der Waals surface area contributed by atoms with E-state index in [-0.39, 0.29) is 5.82 Å². The lowest BCUT2D eigenvalue weighted by Gasteiger charge is -2.09. The van der Waals surface area contributed by atoms with Crippen LogP contribution in [0.2, 0.25) is 0 Å². The normalized spacial score (nSPS) is 10.4. The van der Waals surface area contributed by atoms with Crippen LogP contribution in [-0.4, -0.2) is 12.0 Å². The molecule has 0 saturated carbocycles. The van der Waals surface area contributed by atoms with Crippen LogP contribution in [0.4, 0.5) is 4.39 Å². The van der Waals surface area contributed by atoms with Crippen LogP contribution in [0.5, 0.6) is 0 Å². The van der Waals surface area contributed by atoms with Gasteiger partial charge in [-0.15, -0.1) is 0 Å². The minimum Gasteiger partial charge on any atom is -0.316 e. The maximum absolute atomic E-state index is 13.7. The number of aromatic nitrogens is 1. The van der Waals surface area contributed by atoms with Gasteiger partial charge in [0.05, 0.1) is 0 Å². The molecule has 0 bridgehead atoms. The Kier molecular flexibility index (Phi) is 3.27. The van der Waals surface area contributed by atoms with Crippen molar-refractivity contribution in [3.8, 4) is 11.1 Å². The molecule has 1 aromatic heterocycles. The lowest BCUT2D eigenvalue weighted by Crippen LogP contribution is -2.07. The number of hydrogen-bond donors (Lipinski definition) is 1. The summed E-state index contributed by atoms with van der Waals surface area (Å²) < 4.78 is 13.7. The van der Waals surface area contributed by atoms with Gasteiger partial charge >= 0.3 is 0 Å². The molecule has 2 nitrogen and oxygen atoms in total. The number of halogens is 1. The van der Waals surface area contributed by atoms with Crippen LogP contribution in [-0.2, 0) is 6.54 Å². The van der Waals surface area contributed by atoms with Crippen molar-refractivity contribution in [1.29, 1.82) is 0 Å². The lowest BCUT2D eigenvalue weighted by molar-refractivity contribution is 0.631. The molecule has 82 valence electrons. The molecule has 0 aliphatic carbocycles. The minimum atomic E-state index is -0.203. The zero-order valence-corrected chi connectivity index (χ0v) is 9.07. The molecular weight excluding hydrogens is 203 g/mol. The van der Waals surface area contributed by atoms with E-state index >= 15 is 0 Å². The van der Waals surface area contributed by atoms with Crippen molar-refractivity contribution in [3.05, 3.63) is 54.1 Å². The monoisotopic (exact) mass is 216 g/mol. The van der Waals surface area contributed by atoms with E-state index in [1.165, 1.54) is 6.07 Å². The van der Waals surface area contributed by atoms with Crippen molar-refractivity contribution < 1.29 is 4.39 Å². The fourth-order valence-electron chi connectivity index (χ4n) is 1.70. The van der Waals surface area contributed by atoms with Crippen molar-refractivity contribution >= 4 is 0 Å². The summed E-state index contributed by atoms with van der Waals surface area (Å²) in [5.41, 5.74) is 2.51. The Morgan fingerprint density at radius 1 is 1.19 bits per heavy atom. The van der Waals surface area contributed by atoms with Gasteiger partial charge in [-0.1, -0.05) is 18.2 Å². The highest BCUT2D eigenvalue weighted by atomic mass is 19.1. The van der Waals surface area contributed by atoms with Gasteiger partial charge in [0, 0.05) is 24.5 Å². The predicted octanol–water partition coefficient (Wildman–Crippen LogP) is 2.61. The molecule has 3 heteroatoms. The third-order valence-electron chi connectivity index (χ3n) is 2.43. The number of rotatable bonds is 3. The smallest absolute Gasteiger partial charge is 0.131 e. The maximum atomic E-state index is 13.7. The van der Waals surface area contributed by atoms with Gasteiger partial charge in [-0.3, -0.25) is 4.98 Å². The van der Waals surface area contributed by atoms with E-state index in [0.29, 0.717) is 12.1 Å². The highest BCUT2D eigenvalue weighted by Gasteiger charge is 2.08. The Bertz CT molecular complexity index is 483. The summed E-state index contributed by atoms with van der Waals surface area (Å²) >= 11 is 0. The summed E-state index contributed by atoms with van der Waals surface area (Å²) in [5, 5.41) is 3.05. The number of hydrogen-bond acceptors (Lipinski definition) is 2. The molecule has 0 fully saturated rings. The van der Waals surface area contributed by atoms with E-state index in [4.69, 9.17) is 0 Å². The molecule has 0 saturated heterocycles. The van der Waals surface area contributed by atoms with Crippen molar-refractivity contribution in [1.82, 2.24) is 10.3 Å². The van der Waals surface area contributed by atoms with Gasteiger partial charge in [0.25, 0.3) is 0 Å². The van der Waals surface area contributed by atoms with E-state index in [1.54, 1.807) is 24.5 Å². The summed E-state index contributed by atoms with van der Waals surface area (Å²) in [5.74, 6) is -0.203. The van der Waals surface area contributed by atoms with Gasteiger partial charge in [0.1, 0.15) is 5.82 Å². The Balaban J connectivity index is 2.51. The Morgan fingerprint density at radius 3 is 2.75 bits per heavy atom. The number of nitrogens with zero attached hydrogens (tertiary/aromatic N) is 1. The fourth-order valence-corrected chi connectivity index (χ4v) is 1.70. The zero-order chi connectivity index (χ0) is 11.4. The van der Waals surface area contributed by atoms with Crippen molar-refractivity contribution in [2.45, 2.75) is 6.54 Å². The summed E-state index contributed by atoms with van der Waals surface area (Å²) in [6, 6.07) is 8.62. The molecular formula is C13H13FN2. The average molecular weight is 216 g/mol. The molecule has 2 aromatic rings. The van der Waals surface area contributed by atoms with E-state index in [1.807, 2.05) is 19.2 Å². The molecule has 0 aliphatic heterocycles. The second-order valence-electron chi connectivity index (χ2n) is 3.54. The zero-order valence-electron chi connectivity index (χ0n) is 9.07. The maximum Gasteiger partial charge on any atom is 0.131 e. The van der Waals surface area contributed by atoms with Crippen molar-refractivity contribution in [2.75, 3.05) is 7.05 Å². The van der Waals surface area contributed by atoms with Crippen molar-refractivity contribution in [2.24, 2.45) is 0 Å². The highest BCUT2D eigenvalue weighted by molar-refractivity contribution is 5.67. The summed E-state index contributed by atoms with van der Waals surface area (Å²) in [4.78, 5) is 4.06. The Hall–Kier alpha value is -1.74. The lowest BCUT2D eigenvalue weighted by atomic mass is 10.0. The second-order valence-corrected chi connectivity index (χ2v) is 3.54. The summed E-state index contributed by atoms with van der Waals surface area (Å²) in [6.45, 7) is 0.678. The SMILES string of the molecule is CNCc1cnccc1-c1ccccc1F. The first kappa shape index (κ1) is 10.8. The molecule has 0 atom stereocenters. The van der Waals surface area contributed by atoms with Crippen LogP contribution in [0.3, 0.4) is 0 Å². The molecule has 0 unspecified atom stereocenters. The minimum absolute atomic E-state index is 0.203. The Morgan fingerprint density at radius 2 is 2.00 bits per heavy atom. The largest absolute Gasteiger partial charge is 0.316 e. The molecule has 1 N–H and O–H groups in total. The van der Waals surface area contributed by atoms with Crippen LogP contribution in [0.1, 0.15) is 5.56 Å². The molecule has 1 heterocycles. The van der Waals surface area contributed by atoms with Gasteiger partial charge in [0.15, 0.2) is 0 Å². The van der Waals surface area contributed by atoms with E-state index in [2.05, 4.69) is 10.3 Å². The average Bonchev–Trinajstić information content (AvgIpc) is 2.31. The summed E-state index contributed by atoms with van der Waals surface area (Å²) in [7, 11) is 1.86. The third-order valence-corrected chi connectivity index (χ3v) is 2.43. The third kappa shape index (κ3) is 2.09. The Labute approximate surface area is 94.2 Å².